The normalized spacial score (nSPS) is 22.1. The summed E-state index contributed by atoms with van der Waals surface area (Å²) in [7, 11) is 0. The molecule has 234 valence electrons. The molecule has 1 saturated heterocycles. The third kappa shape index (κ3) is 15.2. The maximum Gasteiger partial charge on any atom is 0.407 e. The molecule has 1 fully saturated rings. The van der Waals surface area contributed by atoms with Crippen molar-refractivity contribution in [1.82, 2.24) is 10.6 Å². The quantitative estimate of drug-likeness (QED) is 0.165. The van der Waals surface area contributed by atoms with E-state index in [9.17, 15) is 28.8 Å². The molecule has 1 rings (SSSR count). The lowest BCUT2D eigenvalue weighted by molar-refractivity contribution is -0.308. The van der Waals surface area contributed by atoms with Crippen molar-refractivity contribution in [2.24, 2.45) is 0 Å². The van der Waals surface area contributed by atoms with E-state index < -0.39 is 66.3 Å². The van der Waals surface area contributed by atoms with Crippen molar-refractivity contribution in [3.63, 3.8) is 0 Å². The number of hydrogen-bond donors (Lipinski definition) is 2. The van der Waals surface area contributed by atoms with Crippen LogP contribution in [-0.4, -0.2) is 98.5 Å². The first-order valence-electron chi connectivity index (χ1n) is 13.2. The molecule has 15 heteroatoms. The van der Waals surface area contributed by atoms with Crippen LogP contribution in [0.15, 0.2) is 0 Å². The molecule has 0 aromatic rings. The van der Waals surface area contributed by atoms with Gasteiger partial charge in [-0.15, -0.1) is 0 Å². The van der Waals surface area contributed by atoms with Gasteiger partial charge in [0.05, 0.1) is 6.61 Å². The summed E-state index contributed by atoms with van der Waals surface area (Å²) in [6, 6.07) is 0. The maximum atomic E-state index is 12.2. The van der Waals surface area contributed by atoms with Crippen molar-refractivity contribution in [2.75, 3.05) is 26.3 Å². The zero-order chi connectivity index (χ0) is 31.2. The number of ether oxygens (including phenoxy) is 7. The molecule has 0 aromatic heterocycles. The standard InChI is InChI=1S/C26H42N2O13/c1-15(29)36-14-19-21(37-16(2)30)22(38-17(3)31)23(39-18(4)32)24(40-19)35-13-8-10-20(33)27-11-9-12-28-25(34)41-26(5,6)7/h19,21-24H,8-14H2,1-7H3,(H,27,33)(H,28,34)/t19-,21-,22+,23+,24+/m1/s1. The molecule has 0 bridgehead atoms. The highest BCUT2D eigenvalue weighted by molar-refractivity contribution is 5.75. The van der Waals surface area contributed by atoms with Crippen molar-refractivity contribution in [2.45, 2.75) is 104 Å². The number of carbonyl (C=O) groups excluding carboxylic acids is 6. The van der Waals surface area contributed by atoms with Gasteiger partial charge in [0, 0.05) is 47.2 Å². The van der Waals surface area contributed by atoms with E-state index in [4.69, 9.17) is 33.2 Å². The van der Waals surface area contributed by atoms with Gasteiger partial charge >= 0.3 is 30.0 Å². The Morgan fingerprint density at radius 1 is 0.732 bits per heavy atom. The van der Waals surface area contributed by atoms with Gasteiger partial charge in [0.15, 0.2) is 24.6 Å². The molecular formula is C26H42N2O13. The van der Waals surface area contributed by atoms with Crippen LogP contribution in [0.3, 0.4) is 0 Å². The molecule has 0 aromatic carbocycles. The summed E-state index contributed by atoms with van der Waals surface area (Å²) in [5.41, 5.74) is -0.601. The predicted molar refractivity (Wildman–Crippen MR) is 139 cm³/mol. The Balaban J connectivity index is 2.72. The highest BCUT2D eigenvalue weighted by Crippen LogP contribution is 2.30. The van der Waals surface area contributed by atoms with Gasteiger partial charge in [0.1, 0.15) is 18.3 Å². The second kappa shape index (κ2) is 17.4. The lowest BCUT2D eigenvalue weighted by Crippen LogP contribution is -2.63. The van der Waals surface area contributed by atoms with Crippen molar-refractivity contribution in [3.05, 3.63) is 0 Å². The van der Waals surface area contributed by atoms with E-state index in [2.05, 4.69) is 10.6 Å². The lowest BCUT2D eigenvalue weighted by Gasteiger charge is -2.44. The summed E-state index contributed by atoms with van der Waals surface area (Å²) >= 11 is 0. The first-order valence-corrected chi connectivity index (χ1v) is 13.2. The van der Waals surface area contributed by atoms with Crippen LogP contribution >= 0.6 is 0 Å². The Kier molecular flexibility index (Phi) is 15.1. The third-order valence-corrected chi connectivity index (χ3v) is 5.12. The molecule has 0 spiro atoms. The molecular weight excluding hydrogens is 548 g/mol. The van der Waals surface area contributed by atoms with E-state index in [1.807, 2.05) is 0 Å². The van der Waals surface area contributed by atoms with Crippen molar-refractivity contribution in [3.8, 4) is 0 Å². The van der Waals surface area contributed by atoms with Crippen LogP contribution in [-0.2, 0) is 57.1 Å². The molecule has 0 unspecified atom stereocenters. The van der Waals surface area contributed by atoms with Crippen molar-refractivity contribution in [1.29, 1.82) is 0 Å². The number of amides is 2. The highest BCUT2D eigenvalue weighted by Gasteiger charge is 2.52. The van der Waals surface area contributed by atoms with Gasteiger partial charge in [0.25, 0.3) is 0 Å². The second-order valence-corrected chi connectivity index (χ2v) is 10.2. The van der Waals surface area contributed by atoms with Crippen LogP contribution < -0.4 is 10.6 Å². The van der Waals surface area contributed by atoms with Crippen LogP contribution in [0.5, 0.6) is 0 Å². The van der Waals surface area contributed by atoms with Gasteiger partial charge in [-0.3, -0.25) is 24.0 Å². The van der Waals surface area contributed by atoms with E-state index in [-0.39, 0.29) is 32.0 Å². The van der Waals surface area contributed by atoms with E-state index >= 15 is 0 Å². The molecule has 0 radical (unpaired) electrons. The Morgan fingerprint density at radius 3 is 1.85 bits per heavy atom. The zero-order valence-electron chi connectivity index (χ0n) is 24.6. The van der Waals surface area contributed by atoms with E-state index in [0.717, 1.165) is 20.8 Å². The summed E-state index contributed by atoms with van der Waals surface area (Å²) in [4.78, 5) is 70.7. The van der Waals surface area contributed by atoms with Gasteiger partial charge in [-0.05, 0) is 33.6 Å². The number of nitrogens with one attached hydrogen (secondary N) is 2. The predicted octanol–water partition coefficient (Wildman–Crippen LogP) is 0.897. The minimum absolute atomic E-state index is 0.0264. The molecule has 1 aliphatic heterocycles. The van der Waals surface area contributed by atoms with Crippen LogP contribution in [0, 0.1) is 0 Å². The van der Waals surface area contributed by atoms with Gasteiger partial charge < -0.3 is 43.8 Å². The average molecular weight is 591 g/mol. The Labute approximate surface area is 239 Å². The number of carbonyl (C=O) groups is 6. The zero-order valence-corrected chi connectivity index (χ0v) is 24.6. The summed E-state index contributed by atoms with van der Waals surface area (Å²) in [6.45, 7) is 10.1. The summed E-state index contributed by atoms with van der Waals surface area (Å²) in [6.07, 6.45) is -6.10. The Hall–Kier alpha value is -3.46. The van der Waals surface area contributed by atoms with Crippen molar-refractivity contribution < 1.29 is 61.9 Å². The molecule has 1 heterocycles. The molecule has 5 atom stereocenters. The highest BCUT2D eigenvalue weighted by atomic mass is 16.7. The third-order valence-electron chi connectivity index (χ3n) is 5.12. The first kappa shape index (κ1) is 35.6. The van der Waals surface area contributed by atoms with Crippen LogP contribution in [0.2, 0.25) is 0 Å². The van der Waals surface area contributed by atoms with Crippen LogP contribution in [0.1, 0.15) is 67.7 Å². The molecule has 15 nitrogen and oxygen atoms in total. The summed E-state index contributed by atoms with van der Waals surface area (Å²) < 4.78 is 37.7. The van der Waals surface area contributed by atoms with Gasteiger partial charge in [0.2, 0.25) is 5.91 Å². The topological polar surface area (TPSA) is 191 Å². The largest absolute Gasteiger partial charge is 0.463 e. The second-order valence-electron chi connectivity index (χ2n) is 10.2. The Bertz CT molecular complexity index is 918. The SMILES string of the molecule is CC(=O)OC[C@H]1O[C@H](OCCCC(=O)NCCCNC(=O)OC(C)(C)C)[C@@H](OC(C)=O)[C@@H](OC(C)=O)[C@@H]1OC(C)=O. The first-order chi connectivity index (χ1) is 19.1. The molecule has 0 saturated carbocycles. The fraction of sp³-hybridized carbons (Fsp3) is 0.769. The van der Waals surface area contributed by atoms with Crippen LogP contribution in [0.25, 0.3) is 0 Å². The van der Waals surface area contributed by atoms with Crippen LogP contribution in [0.4, 0.5) is 4.79 Å². The summed E-state index contributed by atoms with van der Waals surface area (Å²) in [5.74, 6) is -3.13. The molecule has 0 aliphatic carbocycles. The molecule has 2 amide bonds. The minimum atomic E-state index is -1.34. The minimum Gasteiger partial charge on any atom is -0.463 e. The smallest absolute Gasteiger partial charge is 0.407 e. The summed E-state index contributed by atoms with van der Waals surface area (Å²) in [5, 5.41) is 5.32. The van der Waals surface area contributed by atoms with Gasteiger partial charge in [-0.25, -0.2) is 4.79 Å². The van der Waals surface area contributed by atoms with Gasteiger partial charge in [-0.1, -0.05) is 0 Å². The number of rotatable bonds is 14. The van der Waals surface area contributed by atoms with E-state index in [0.29, 0.717) is 19.5 Å². The lowest BCUT2D eigenvalue weighted by atomic mass is 9.98. The van der Waals surface area contributed by atoms with Crippen molar-refractivity contribution >= 4 is 35.9 Å². The fourth-order valence-corrected chi connectivity index (χ4v) is 3.66. The van der Waals surface area contributed by atoms with E-state index in [1.165, 1.54) is 6.92 Å². The number of esters is 4. The monoisotopic (exact) mass is 590 g/mol. The molecule has 1 aliphatic rings. The number of alkyl carbamates (subject to hydrolysis) is 1. The van der Waals surface area contributed by atoms with Gasteiger partial charge in [-0.2, -0.15) is 0 Å². The molecule has 2 N–H and O–H groups in total. The Morgan fingerprint density at radius 2 is 1.29 bits per heavy atom. The maximum absolute atomic E-state index is 12.2. The number of hydrogen-bond acceptors (Lipinski definition) is 13. The average Bonchev–Trinajstić information content (AvgIpc) is 2.81. The van der Waals surface area contributed by atoms with E-state index in [1.54, 1.807) is 20.8 Å². The molecule has 41 heavy (non-hydrogen) atoms. The fourth-order valence-electron chi connectivity index (χ4n) is 3.66.